The molecule has 0 aliphatic carbocycles. The smallest absolute Gasteiger partial charge is 0.0792 e. The first-order chi connectivity index (χ1) is 7.24. The van der Waals surface area contributed by atoms with Crippen LogP contribution < -0.4 is 0 Å². The van der Waals surface area contributed by atoms with Gasteiger partial charge in [0.2, 0.25) is 0 Å². The minimum atomic E-state index is 0.697. The molecule has 2 aromatic rings. The summed E-state index contributed by atoms with van der Waals surface area (Å²) in [5, 5.41) is 2.48. The molecule has 0 spiro atoms. The molecule has 0 fully saturated rings. The standard InChI is InChI=1S/C12H9BrClN/c1-8(7-13)11-10(14)5-4-9-3-2-6-15-12(9)11/h2-6H,1,7H2. The van der Waals surface area contributed by atoms with Crippen molar-refractivity contribution in [3.63, 3.8) is 0 Å². The van der Waals surface area contributed by atoms with Gasteiger partial charge < -0.3 is 0 Å². The van der Waals surface area contributed by atoms with E-state index in [1.807, 2.05) is 24.3 Å². The van der Waals surface area contributed by atoms with Gasteiger partial charge in [0.25, 0.3) is 0 Å². The Labute approximate surface area is 102 Å². The van der Waals surface area contributed by atoms with Crippen LogP contribution in [0.2, 0.25) is 5.02 Å². The largest absolute Gasteiger partial charge is 0.256 e. The third-order valence-electron chi connectivity index (χ3n) is 2.24. The van der Waals surface area contributed by atoms with Crippen LogP contribution in [0.3, 0.4) is 0 Å². The van der Waals surface area contributed by atoms with Crippen molar-refractivity contribution < 1.29 is 0 Å². The Morgan fingerprint density at radius 3 is 2.93 bits per heavy atom. The highest BCUT2D eigenvalue weighted by atomic mass is 79.9. The van der Waals surface area contributed by atoms with Crippen LogP contribution >= 0.6 is 27.5 Å². The summed E-state index contributed by atoms with van der Waals surface area (Å²) in [4.78, 5) is 4.34. The molecule has 0 atom stereocenters. The maximum Gasteiger partial charge on any atom is 0.0792 e. The van der Waals surface area contributed by atoms with E-state index in [1.54, 1.807) is 6.20 Å². The number of nitrogens with zero attached hydrogens (tertiary/aromatic N) is 1. The first-order valence-electron chi connectivity index (χ1n) is 4.51. The zero-order valence-corrected chi connectivity index (χ0v) is 10.3. The molecule has 0 amide bonds. The van der Waals surface area contributed by atoms with Crippen LogP contribution in [0.4, 0.5) is 0 Å². The van der Waals surface area contributed by atoms with Crippen LogP contribution in [0.5, 0.6) is 0 Å². The molecular weight excluding hydrogens is 273 g/mol. The van der Waals surface area contributed by atoms with E-state index in [0.717, 1.165) is 22.0 Å². The van der Waals surface area contributed by atoms with Gasteiger partial charge in [-0.25, -0.2) is 0 Å². The highest BCUT2D eigenvalue weighted by Gasteiger charge is 2.09. The van der Waals surface area contributed by atoms with Gasteiger partial charge in [0, 0.05) is 22.5 Å². The van der Waals surface area contributed by atoms with E-state index in [2.05, 4.69) is 27.5 Å². The molecule has 0 radical (unpaired) electrons. The van der Waals surface area contributed by atoms with E-state index in [-0.39, 0.29) is 0 Å². The second-order valence-electron chi connectivity index (χ2n) is 3.23. The van der Waals surface area contributed by atoms with Crippen molar-refractivity contribution in [2.75, 3.05) is 5.33 Å². The summed E-state index contributed by atoms with van der Waals surface area (Å²) in [6.45, 7) is 3.98. The van der Waals surface area contributed by atoms with Gasteiger partial charge in [0.05, 0.1) is 10.5 Å². The number of hydrogen-bond donors (Lipinski definition) is 0. The summed E-state index contributed by atoms with van der Waals surface area (Å²) >= 11 is 9.54. The molecule has 3 heteroatoms. The monoisotopic (exact) mass is 281 g/mol. The van der Waals surface area contributed by atoms with Gasteiger partial charge in [0.15, 0.2) is 0 Å². The van der Waals surface area contributed by atoms with E-state index in [4.69, 9.17) is 11.6 Å². The Kier molecular flexibility index (Phi) is 3.08. The number of fused-ring (bicyclic) bond motifs is 1. The Hall–Kier alpha value is -0.860. The van der Waals surface area contributed by atoms with Gasteiger partial charge in [-0.1, -0.05) is 46.2 Å². The van der Waals surface area contributed by atoms with Crippen molar-refractivity contribution in [2.24, 2.45) is 0 Å². The predicted molar refractivity (Wildman–Crippen MR) is 69.6 cm³/mol. The fourth-order valence-electron chi connectivity index (χ4n) is 1.52. The lowest BCUT2D eigenvalue weighted by molar-refractivity contribution is 1.40. The highest BCUT2D eigenvalue weighted by molar-refractivity contribution is 9.09. The van der Waals surface area contributed by atoms with Crippen molar-refractivity contribution in [1.29, 1.82) is 0 Å². The molecule has 0 unspecified atom stereocenters. The first kappa shape index (κ1) is 10.7. The lowest BCUT2D eigenvalue weighted by atomic mass is 10.0. The van der Waals surface area contributed by atoms with Crippen molar-refractivity contribution in [3.8, 4) is 0 Å². The molecule has 0 saturated heterocycles. The Morgan fingerprint density at radius 1 is 1.40 bits per heavy atom. The van der Waals surface area contributed by atoms with Crippen LogP contribution in [0.15, 0.2) is 37.0 Å². The third kappa shape index (κ3) is 1.92. The zero-order valence-electron chi connectivity index (χ0n) is 8.00. The van der Waals surface area contributed by atoms with Gasteiger partial charge in [-0.05, 0) is 17.7 Å². The van der Waals surface area contributed by atoms with Crippen molar-refractivity contribution in [2.45, 2.75) is 0 Å². The minimum absolute atomic E-state index is 0.697. The third-order valence-corrected chi connectivity index (χ3v) is 3.23. The van der Waals surface area contributed by atoms with E-state index >= 15 is 0 Å². The van der Waals surface area contributed by atoms with Crippen molar-refractivity contribution >= 4 is 44.0 Å². The van der Waals surface area contributed by atoms with Crippen molar-refractivity contribution in [3.05, 3.63) is 47.6 Å². The molecule has 0 saturated carbocycles. The average molecular weight is 283 g/mol. The van der Waals surface area contributed by atoms with E-state index in [9.17, 15) is 0 Å². The topological polar surface area (TPSA) is 12.9 Å². The Balaban J connectivity index is 2.79. The SMILES string of the molecule is C=C(CBr)c1c(Cl)ccc2cccnc12. The number of halogens is 2. The number of allylic oxidation sites excluding steroid dienone is 1. The second kappa shape index (κ2) is 4.33. The number of alkyl halides is 1. The Morgan fingerprint density at radius 2 is 2.20 bits per heavy atom. The molecule has 0 bridgehead atoms. The molecule has 1 heterocycles. The summed E-state index contributed by atoms with van der Waals surface area (Å²) < 4.78 is 0. The van der Waals surface area contributed by atoms with Crippen molar-refractivity contribution in [1.82, 2.24) is 4.98 Å². The van der Waals surface area contributed by atoms with E-state index in [0.29, 0.717) is 10.4 Å². The lowest BCUT2D eigenvalue weighted by Crippen LogP contribution is -1.90. The van der Waals surface area contributed by atoms with Gasteiger partial charge in [-0.3, -0.25) is 4.98 Å². The molecule has 76 valence electrons. The van der Waals surface area contributed by atoms with E-state index in [1.165, 1.54) is 0 Å². The molecule has 1 nitrogen and oxygen atoms in total. The fourth-order valence-corrected chi connectivity index (χ4v) is 2.09. The zero-order chi connectivity index (χ0) is 10.8. The second-order valence-corrected chi connectivity index (χ2v) is 4.20. The number of aromatic nitrogens is 1. The van der Waals surface area contributed by atoms with Gasteiger partial charge >= 0.3 is 0 Å². The van der Waals surface area contributed by atoms with Crippen LogP contribution in [0, 0.1) is 0 Å². The minimum Gasteiger partial charge on any atom is -0.256 e. The first-order valence-corrected chi connectivity index (χ1v) is 6.01. The number of rotatable bonds is 2. The van der Waals surface area contributed by atoms with E-state index < -0.39 is 0 Å². The summed E-state index contributed by atoms with van der Waals surface area (Å²) in [5.41, 5.74) is 2.80. The van der Waals surface area contributed by atoms with Crippen LogP contribution in [-0.4, -0.2) is 10.3 Å². The fraction of sp³-hybridized carbons (Fsp3) is 0.0833. The van der Waals surface area contributed by atoms with Gasteiger partial charge in [-0.2, -0.15) is 0 Å². The molecule has 2 rings (SSSR count). The van der Waals surface area contributed by atoms with Crippen LogP contribution in [-0.2, 0) is 0 Å². The van der Waals surface area contributed by atoms with Crippen LogP contribution in [0.25, 0.3) is 16.5 Å². The van der Waals surface area contributed by atoms with Gasteiger partial charge in [-0.15, -0.1) is 0 Å². The molecule has 15 heavy (non-hydrogen) atoms. The maximum absolute atomic E-state index is 6.16. The molecule has 0 N–H and O–H groups in total. The summed E-state index contributed by atoms with van der Waals surface area (Å²) in [7, 11) is 0. The molecular formula is C12H9BrClN. The maximum atomic E-state index is 6.16. The van der Waals surface area contributed by atoms with Gasteiger partial charge in [0.1, 0.15) is 0 Å². The molecule has 1 aromatic heterocycles. The summed E-state index contributed by atoms with van der Waals surface area (Å²) in [6.07, 6.45) is 1.77. The Bertz CT molecular complexity index is 522. The molecule has 0 aliphatic heterocycles. The number of benzene rings is 1. The number of hydrogen-bond acceptors (Lipinski definition) is 1. The van der Waals surface area contributed by atoms with Crippen LogP contribution in [0.1, 0.15) is 5.56 Å². The predicted octanol–water partition coefficient (Wildman–Crippen LogP) is 4.30. The molecule has 0 aliphatic rings. The molecule has 1 aromatic carbocycles. The number of pyridine rings is 1. The average Bonchev–Trinajstić information content (AvgIpc) is 2.28. The summed E-state index contributed by atoms with van der Waals surface area (Å²) in [5.74, 6) is 0. The quantitative estimate of drug-likeness (QED) is 0.749. The normalized spacial score (nSPS) is 10.5. The highest BCUT2D eigenvalue weighted by Crippen LogP contribution is 2.30. The lowest BCUT2D eigenvalue weighted by Gasteiger charge is -2.08. The summed E-state index contributed by atoms with van der Waals surface area (Å²) in [6, 6.07) is 7.78.